The van der Waals surface area contributed by atoms with E-state index in [1.165, 1.54) is 0 Å². The predicted octanol–water partition coefficient (Wildman–Crippen LogP) is 4.36. The summed E-state index contributed by atoms with van der Waals surface area (Å²) in [5.74, 6) is 0. The number of nitrogens with one attached hydrogen (secondary N) is 1. The lowest BCUT2D eigenvalue weighted by Crippen LogP contribution is -2.00. The van der Waals surface area contributed by atoms with Crippen molar-refractivity contribution in [1.29, 1.82) is 0 Å². The average Bonchev–Trinajstić information content (AvgIpc) is 2.31. The van der Waals surface area contributed by atoms with Gasteiger partial charge in [0.1, 0.15) is 0 Å². The zero-order chi connectivity index (χ0) is 11.5. The number of benzene rings is 1. The molecule has 1 N–H and O–H groups in total. The van der Waals surface area contributed by atoms with Gasteiger partial charge in [-0.3, -0.25) is 4.98 Å². The molecule has 0 saturated heterocycles. The van der Waals surface area contributed by atoms with E-state index in [4.69, 9.17) is 23.2 Å². The normalized spacial score (nSPS) is 10.7. The van der Waals surface area contributed by atoms with E-state index in [0.29, 0.717) is 10.0 Å². The Morgan fingerprint density at radius 1 is 1.25 bits per heavy atom. The lowest BCUT2D eigenvalue weighted by molar-refractivity contribution is 0.981. The van der Waals surface area contributed by atoms with Gasteiger partial charge >= 0.3 is 0 Å². The lowest BCUT2D eigenvalue weighted by Gasteiger charge is -2.09. The van der Waals surface area contributed by atoms with Crippen molar-refractivity contribution in [3.05, 3.63) is 34.4 Å². The Hall–Kier alpha value is -0.990. The van der Waals surface area contributed by atoms with Crippen LogP contribution in [0.2, 0.25) is 10.0 Å². The molecule has 2 rings (SSSR count). The molecular formula is C12H12Cl2N2. The smallest absolute Gasteiger partial charge is 0.0924 e. The zero-order valence-corrected chi connectivity index (χ0v) is 10.4. The van der Waals surface area contributed by atoms with Crippen LogP contribution in [0.3, 0.4) is 0 Å². The molecule has 0 bridgehead atoms. The second-order valence-electron chi connectivity index (χ2n) is 3.54. The van der Waals surface area contributed by atoms with E-state index in [1.54, 1.807) is 12.3 Å². The summed E-state index contributed by atoms with van der Waals surface area (Å²) in [6, 6.07) is 5.68. The van der Waals surface area contributed by atoms with Crippen LogP contribution in [0.15, 0.2) is 24.4 Å². The van der Waals surface area contributed by atoms with E-state index >= 15 is 0 Å². The van der Waals surface area contributed by atoms with Gasteiger partial charge in [0.2, 0.25) is 0 Å². The first-order valence-corrected chi connectivity index (χ1v) is 5.96. The van der Waals surface area contributed by atoms with Crippen LogP contribution >= 0.6 is 23.2 Å². The first-order chi connectivity index (χ1) is 7.74. The maximum atomic E-state index is 6.11. The van der Waals surface area contributed by atoms with Crippen molar-refractivity contribution in [2.75, 3.05) is 11.9 Å². The molecule has 0 unspecified atom stereocenters. The third-order valence-corrected chi connectivity index (χ3v) is 3.16. The Morgan fingerprint density at radius 3 is 2.81 bits per heavy atom. The Labute approximate surface area is 105 Å². The van der Waals surface area contributed by atoms with Gasteiger partial charge in [0.15, 0.2) is 0 Å². The highest BCUT2D eigenvalue weighted by atomic mass is 35.5. The molecular weight excluding hydrogens is 243 g/mol. The van der Waals surface area contributed by atoms with E-state index in [0.717, 1.165) is 29.6 Å². The molecule has 2 nitrogen and oxygen atoms in total. The number of aromatic nitrogens is 1. The minimum atomic E-state index is 0.513. The van der Waals surface area contributed by atoms with Crippen LogP contribution in [0.5, 0.6) is 0 Å². The van der Waals surface area contributed by atoms with Gasteiger partial charge in [0.05, 0.1) is 15.6 Å². The van der Waals surface area contributed by atoms with E-state index in [1.807, 2.05) is 12.1 Å². The second-order valence-corrected chi connectivity index (χ2v) is 4.33. The quantitative estimate of drug-likeness (QED) is 0.881. The molecule has 0 aliphatic rings. The highest BCUT2D eigenvalue weighted by Crippen LogP contribution is 2.32. The summed E-state index contributed by atoms with van der Waals surface area (Å²) in [5, 5.41) is 5.40. The summed E-state index contributed by atoms with van der Waals surface area (Å²) in [4.78, 5) is 4.25. The summed E-state index contributed by atoms with van der Waals surface area (Å²) in [6.45, 7) is 3.06. The highest BCUT2D eigenvalue weighted by molar-refractivity contribution is 6.45. The summed E-state index contributed by atoms with van der Waals surface area (Å²) in [6.07, 6.45) is 2.81. The molecule has 16 heavy (non-hydrogen) atoms. The van der Waals surface area contributed by atoms with Crippen LogP contribution in [0.1, 0.15) is 13.3 Å². The number of fused-ring (bicyclic) bond motifs is 1. The molecule has 1 aromatic carbocycles. The molecule has 0 radical (unpaired) electrons. The molecule has 84 valence electrons. The fraction of sp³-hybridized carbons (Fsp3) is 0.250. The van der Waals surface area contributed by atoms with Crippen molar-refractivity contribution in [1.82, 2.24) is 4.98 Å². The van der Waals surface area contributed by atoms with Crippen LogP contribution in [0.4, 0.5) is 5.69 Å². The van der Waals surface area contributed by atoms with E-state index in [2.05, 4.69) is 17.2 Å². The summed E-state index contributed by atoms with van der Waals surface area (Å²) >= 11 is 12.1. The number of halogens is 2. The Kier molecular flexibility index (Phi) is 3.52. The van der Waals surface area contributed by atoms with E-state index < -0.39 is 0 Å². The summed E-state index contributed by atoms with van der Waals surface area (Å²) in [5.41, 5.74) is 1.79. The van der Waals surface area contributed by atoms with Gasteiger partial charge in [0, 0.05) is 23.8 Å². The molecule has 1 heterocycles. The maximum absolute atomic E-state index is 6.11. The largest absolute Gasteiger partial charge is 0.384 e. The topological polar surface area (TPSA) is 24.9 Å². The average molecular weight is 255 g/mol. The van der Waals surface area contributed by atoms with Crippen LogP contribution < -0.4 is 5.32 Å². The molecule has 0 saturated carbocycles. The molecule has 0 amide bonds. The first-order valence-electron chi connectivity index (χ1n) is 5.20. The van der Waals surface area contributed by atoms with Crippen molar-refractivity contribution in [2.45, 2.75) is 13.3 Å². The minimum absolute atomic E-state index is 0.513. The summed E-state index contributed by atoms with van der Waals surface area (Å²) < 4.78 is 0. The number of pyridine rings is 1. The zero-order valence-electron chi connectivity index (χ0n) is 8.93. The standard InChI is InChI=1S/C12H12Cl2N2/c1-2-6-15-10-5-7-16-12-8(10)3-4-9(13)11(12)14/h3-5,7H,2,6H2,1H3,(H,15,16). The van der Waals surface area contributed by atoms with Gasteiger partial charge in [-0.15, -0.1) is 0 Å². The monoisotopic (exact) mass is 254 g/mol. The molecule has 4 heteroatoms. The van der Waals surface area contributed by atoms with E-state index in [9.17, 15) is 0 Å². The summed E-state index contributed by atoms with van der Waals surface area (Å²) in [7, 11) is 0. The van der Waals surface area contributed by atoms with Gasteiger partial charge < -0.3 is 5.32 Å². The third-order valence-electron chi connectivity index (χ3n) is 2.37. The van der Waals surface area contributed by atoms with Gasteiger partial charge in [-0.05, 0) is 24.6 Å². The van der Waals surface area contributed by atoms with Crippen molar-refractivity contribution >= 4 is 39.8 Å². The number of hydrogen-bond acceptors (Lipinski definition) is 2. The van der Waals surface area contributed by atoms with Crippen molar-refractivity contribution < 1.29 is 0 Å². The maximum Gasteiger partial charge on any atom is 0.0924 e. The van der Waals surface area contributed by atoms with Gasteiger partial charge in [-0.25, -0.2) is 0 Å². The number of nitrogens with zero attached hydrogens (tertiary/aromatic N) is 1. The number of rotatable bonds is 3. The Bertz CT molecular complexity index is 512. The first kappa shape index (κ1) is 11.5. The molecule has 0 aliphatic heterocycles. The fourth-order valence-corrected chi connectivity index (χ4v) is 1.94. The van der Waals surface area contributed by atoms with Crippen molar-refractivity contribution in [2.24, 2.45) is 0 Å². The van der Waals surface area contributed by atoms with Crippen LogP contribution in [-0.2, 0) is 0 Å². The van der Waals surface area contributed by atoms with Crippen LogP contribution in [0, 0.1) is 0 Å². The SMILES string of the molecule is CCCNc1ccnc2c(Cl)c(Cl)ccc12. The fourth-order valence-electron chi connectivity index (χ4n) is 1.57. The molecule has 0 atom stereocenters. The lowest BCUT2D eigenvalue weighted by atomic mass is 10.2. The van der Waals surface area contributed by atoms with E-state index in [-0.39, 0.29) is 0 Å². The van der Waals surface area contributed by atoms with Crippen molar-refractivity contribution in [3.63, 3.8) is 0 Å². The highest BCUT2D eigenvalue weighted by Gasteiger charge is 2.07. The minimum Gasteiger partial charge on any atom is -0.384 e. The third kappa shape index (κ3) is 2.08. The van der Waals surface area contributed by atoms with Gasteiger partial charge in [0.25, 0.3) is 0 Å². The van der Waals surface area contributed by atoms with Crippen LogP contribution in [0.25, 0.3) is 10.9 Å². The molecule has 2 aromatic rings. The molecule has 0 aliphatic carbocycles. The van der Waals surface area contributed by atoms with Crippen molar-refractivity contribution in [3.8, 4) is 0 Å². The molecule has 1 aromatic heterocycles. The number of anilines is 1. The van der Waals surface area contributed by atoms with Crippen LogP contribution in [-0.4, -0.2) is 11.5 Å². The number of hydrogen-bond donors (Lipinski definition) is 1. The van der Waals surface area contributed by atoms with Gasteiger partial charge in [-0.1, -0.05) is 30.1 Å². The predicted molar refractivity (Wildman–Crippen MR) is 70.5 cm³/mol. The van der Waals surface area contributed by atoms with Gasteiger partial charge in [-0.2, -0.15) is 0 Å². The molecule has 0 fully saturated rings. The molecule has 0 spiro atoms. The Balaban J connectivity index is 2.56. The second kappa shape index (κ2) is 4.89. The Morgan fingerprint density at radius 2 is 2.06 bits per heavy atom.